The molecule has 0 spiro atoms. The van der Waals surface area contributed by atoms with Crippen LogP contribution in [0, 0.1) is 5.41 Å². The van der Waals surface area contributed by atoms with E-state index in [4.69, 9.17) is 48.8 Å². The van der Waals surface area contributed by atoms with Gasteiger partial charge in [-0.25, -0.2) is 31.1 Å². The largest absolute Gasteiger partial charge is 0.744 e. The smallest absolute Gasteiger partial charge is 0.336 e. The van der Waals surface area contributed by atoms with Crippen LogP contribution in [0.25, 0.3) is 33.4 Å². The summed E-state index contributed by atoms with van der Waals surface area (Å²) >= 11 is 0. The lowest BCUT2D eigenvalue weighted by Gasteiger charge is -2.22. The van der Waals surface area contributed by atoms with Crippen molar-refractivity contribution in [3.05, 3.63) is 58.9 Å². The molecule has 24 nitrogen and oxygen atoms in total. The van der Waals surface area contributed by atoms with E-state index < -0.39 is 81.9 Å². The molecule has 0 saturated carbocycles. The fourth-order valence-electron chi connectivity index (χ4n) is 6.51. The van der Waals surface area contributed by atoms with Gasteiger partial charge in [0.25, 0.3) is 17.7 Å². The fourth-order valence-corrected chi connectivity index (χ4v) is 8.49. The van der Waals surface area contributed by atoms with E-state index >= 15 is 0 Å². The molecule has 0 radical (unpaired) electrons. The van der Waals surface area contributed by atoms with E-state index in [-0.39, 0.29) is 132 Å². The zero-order valence-corrected chi connectivity index (χ0v) is 37.6. The number of hydrogen-bond donors (Lipinski definition) is 5. The number of nitrogens with two attached hydrogens (primary N) is 1. The number of methoxy groups -OCH3 is 1. The van der Waals surface area contributed by atoms with Crippen molar-refractivity contribution in [1.82, 2.24) is 15.1 Å². The summed E-state index contributed by atoms with van der Waals surface area (Å²) in [4.78, 5) is 63.5. The number of benzene rings is 3. The molecule has 6 N–H and O–H groups in total. The predicted molar refractivity (Wildman–Crippen MR) is 229 cm³/mol. The van der Waals surface area contributed by atoms with Crippen molar-refractivity contribution in [1.29, 1.82) is 5.41 Å². The average Bonchev–Trinajstić information content (AvgIpc) is 3.59. The van der Waals surface area contributed by atoms with E-state index in [1.54, 1.807) is 0 Å². The predicted octanol–water partition coefficient (Wildman–Crippen LogP) is 0.603. The Bertz CT molecular complexity index is 2690. The van der Waals surface area contributed by atoms with Crippen molar-refractivity contribution in [3.63, 3.8) is 0 Å². The Hall–Kier alpha value is -5.94. The Balaban J connectivity index is 1.22. The zero-order valence-electron chi connectivity index (χ0n) is 36.0. The summed E-state index contributed by atoms with van der Waals surface area (Å²) in [7, 11) is -8.62. The van der Waals surface area contributed by atoms with Gasteiger partial charge in [0.15, 0.2) is 11.3 Å². The van der Waals surface area contributed by atoms with Gasteiger partial charge in [0, 0.05) is 55.1 Å². The van der Waals surface area contributed by atoms with E-state index in [0.29, 0.717) is 11.7 Å². The molecule has 2 aromatic rings. The van der Waals surface area contributed by atoms with Gasteiger partial charge in [0.1, 0.15) is 19.9 Å². The van der Waals surface area contributed by atoms with Crippen molar-refractivity contribution < 1.29 is 88.1 Å². The number of aromatic carboxylic acids is 1. The van der Waals surface area contributed by atoms with Crippen LogP contribution in [0.3, 0.4) is 0 Å². The van der Waals surface area contributed by atoms with Gasteiger partial charge in [-0.2, -0.15) is 0 Å². The molecule has 1 aliphatic carbocycles. The molecular formula is C41H48N5O19S2-. The van der Waals surface area contributed by atoms with Gasteiger partial charge in [0.05, 0.1) is 95.7 Å². The van der Waals surface area contributed by atoms with E-state index in [1.807, 2.05) is 0 Å². The molecule has 364 valence electrons. The number of fused-ring (bicyclic) bond motifs is 2. The highest BCUT2D eigenvalue weighted by Gasteiger charge is 2.33. The number of imide groups is 1. The van der Waals surface area contributed by atoms with Crippen molar-refractivity contribution in [3.8, 4) is 22.5 Å². The first-order valence-corrected chi connectivity index (χ1v) is 23.3. The first-order valence-electron chi connectivity index (χ1n) is 20.4. The third-order valence-corrected chi connectivity index (χ3v) is 12.0. The fraction of sp³-hybridized carbons (Fsp3) is 0.415. The molecule has 26 heteroatoms. The van der Waals surface area contributed by atoms with Crippen LogP contribution in [-0.2, 0) is 67.8 Å². The Morgan fingerprint density at radius 2 is 1.37 bits per heavy atom. The Labute approximate surface area is 383 Å². The Morgan fingerprint density at radius 3 is 1.99 bits per heavy atom. The number of nitrogen functional groups attached to an aromatic ring is 1. The number of sulfonamides is 1. The highest BCUT2D eigenvalue weighted by molar-refractivity contribution is 7.90. The van der Waals surface area contributed by atoms with Crippen LogP contribution in [0.4, 0.5) is 5.69 Å². The maximum atomic E-state index is 13.9. The molecule has 0 bridgehead atoms. The first kappa shape index (κ1) is 52.0. The van der Waals surface area contributed by atoms with E-state index in [1.165, 1.54) is 37.4 Å². The van der Waals surface area contributed by atoms with Gasteiger partial charge in [-0.05, 0) is 42.0 Å². The highest BCUT2D eigenvalue weighted by Crippen LogP contribution is 2.45. The summed E-state index contributed by atoms with van der Waals surface area (Å²) < 4.78 is 106. The number of rotatable bonds is 28. The third kappa shape index (κ3) is 13.8. The van der Waals surface area contributed by atoms with Crippen LogP contribution in [0.15, 0.2) is 56.7 Å². The number of hydroxylamine groups is 2. The first-order chi connectivity index (χ1) is 32.0. The Morgan fingerprint density at radius 1 is 0.791 bits per heavy atom. The molecule has 0 aromatic heterocycles. The maximum absolute atomic E-state index is 13.9. The van der Waals surface area contributed by atoms with Crippen LogP contribution in [0.5, 0.6) is 0 Å². The second-order valence-corrected chi connectivity index (χ2v) is 17.2. The lowest BCUT2D eigenvalue weighted by Crippen LogP contribution is -2.32. The highest BCUT2D eigenvalue weighted by atomic mass is 32.2. The van der Waals surface area contributed by atoms with Gasteiger partial charge >= 0.3 is 11.9 Å². The van der Waals surface area contributed by atoms with Gasteiger partial charge in [0.2, 0.25) is 10.0 Å². The molecular weight excluding hydrogens is 931 g/mol. The molecule has 1 fully saturated rings. The van der Waals surface area contributed by atoms with Crippen molar-refractivity contribution >= 4 is 66.5 Å². The molecule has 0 unspecified atom stereocenters. The lowest BCUT2D eigenvalue weighted by atomic mass is 9.89. The number of carboxylic acid groups (broad SMARTS) is 1. The van der Waals surface area contributed by atoms with Gasteiger partial charge in [-0.3, -0.25) is 19.8 Å². The summed E-state index contributed by atoms with van der Waals surface area (Å²) in [6.07, 6.45) is -0.190. The number of nitrogens with zero attached hydrogens (tertiary/aromatic N) is 1. The van der Waals surface area contributed by atoms with Crippen molar-refractivity contribution in [2.75, 3.05) is 98.6 Å². The molecule has 3 aliphatic rings. The van der Waals surface area contributed by atoms with Crippen LogP contribution < -0.4 is 21.1 Å². The Kier molecular flexibility index (Phi) is 18.8. The number of ether oxygens (including phenoxy) is 6. The van der Waals surface area contributed by atoms with Crippen molar-refractivity contribution in [2.45, 2.75) is 29.1 Å². The molecule has 2 aliphatic heterocycles. The minimum Gasteiger partial charge on any atom is -0.744 e. The number of carbonyl (C=O) groups excluding carboxylic acids is 4. The van der Waals surface area contributed by atoms with E-state index in [0.717, 1.165) is 12.1 Å². The number of anilines is 1. The monoisotopic (exact) mass is 978 g/mol. The average molecular weight is 979 g/mol. The minimum atomic E-state index is -5.47. The van der Waals surface area contributed by atoms with E-state index in [2.05, 4.69) is 10.0 Å². The number of hydrogen-bond acceptors (Lipinski definition) is 20. The summed E-state index contributed by atoms with van der Waals surface area (Å²) in [5, 5.41) is 20.9. The SMILES string of the molecule is COCCOCCNC(=O)c1ccc(-c2c3ccc(=N)c(S(=O)(=O)[O-])c-3oc3c(S(=O)(=O)NCCOCCOCCOCCOCCC(=O)ON4C(=O)CCC4=O)c(N)ccc23)c(C(=O)O)c1. The molecule has 3 amide bonds. The second-order valence-electron chi connectivity index (χ2n) is 14.2. The summed E-state index contributed by atoms with van der Waals surface area (Å²) in [5.41, 5.74) is 4.30. The third-order valence-electron chi connectivity index (χ3n) is 9.57. The zero-order chi connectivity index (χ0) is 48.7. The molecule has 2 heterocycles. The number of carbonyl (C=O) groups is 5. The van der Waals surface area contributed by atoms with Crippen molar-refractivity contribution in [2.24, 2.45) is 0 Å². The summed E-state index contributed by atoms with van der Waals surface area (Å²) in [6, 6.07) is 8.34. The second kappa shape index (κ2) is 24.2. The van der Waals surface area contributed by atoms with Crippen LogP contribution in [0.2, 0.25) is 0 Å². The van der Waals surface area contributed by atoms with Gasteiger partial charge in [-0.1, -0.05) is 6.07 Å². The quantitative estimate of drug-likeness (QED) is 0.0171. The topological polar surface area (TPSA) is 352 Å². The molecule has 5 rings (SSSR count). The van der Waals surface area contributed by atoms with Gasteiger partial charge < -0.3 is 58.4 Å². The van der Waals surface area contributed by atoms with Crippen LogP contribution in [0.1, 0.15) is 40.0 Å². The number of carboxylic acids is 1. The molecule has 67 heavy (non-hydrogen) atoms. The molecule has 2 aromatic carbocycles. The van der Waals surface area contributed by atoms with Gasteiger partial charge in [-0.15, -0.1) is 5.06 Å². The molecule has 0 atom stereocenters. The minimum absolute atomic E-state index is 0.00711. The van der Waals surface area contributed by atoms with Crippen LogP contribution >= 0.6 is 0 Å². The van der Waals surface area contributed by atoms with Crippen LogP contribution in [-0.4, -0.2) is 154 Å². The maximum Gasteiger partial charge on any atom is 0.336 e. The van der Waals surface area contributed by atoms with E-state index in [9.17, 15) is 50.5 Å². The summed E-state index contributed by atoms with van der Waals surface area (Å²) in [5.74, 6) is -4.85. The summed E-state index contributed by atoms with van der Waals surface area (Å²) in [6.45, 7) is 1.21. The number of nitrogens with one attached hydrogen (secondary N) is 3. The standard InChI is InChI=1S/C41H49N5O19S2/c1-58-16-17-60-14-11-44-40(50)25-2-3-26(29(24-25)41(51)52)35-27-4-6-30(42)38(36(27)64-37-28(35)5-7-31(43)39(37)67(55,56)57)66(53,54)45-12-15-61-19-21-63-23-22-62-20-18-59-13-10-34(49)65-46-32(47)8-9-33(46)48/h2-7,24,43,45H,8-23,42H2,1H3,(H,44,50)(H,51,52)(H,55,56,57)/p-1. The normalized spacial score (nSPS) is 13.2. The molecule has 1 saturated heterocycles. The lowest BCUT2D eigenvalue weighted by molar-refractivity contribution is -0.198. The number of amides is 3.